The number of nitrogens with zero attached hydrogens (tertiary/aromatic N) is 3. The van der Waals surface area contributed by atoms with Gasteiger partial charge in [0.1, 0.15) is 0 Å². The second-order valence-electron chi connectivity index (χ2n) is 8.39. The SMILES string of the molecule is Cc1c(C(C)Nc2nnc(C)c3ccc(N4CCS(=O)(=O)CC4)cc23)cccc1C(F)(F)F. The third-order valence-electron chi connectivity index (χ3n) is 6.16. The lowest BCUT2D eigenvalue weighted by Crippen LogP contribution is -2.40. The van der Waals surface area contributed by atoms with Crippen LogP contribution in [0, 0.1) is 13.8 Å². The molecule has 1 saturated heterocycles. The van der Waals surface area contributed by atoms with Gasteiger partial charge in [0.2, 0.25) is 0 Å². The minimum Gasteiger partial charge on any atom is -0.369 e. The normalized spacial score (nSPS) is 17.2. The Kier molecular flexibility index (Phi) is 5.98. The second-order valence-corrected chi connectivity index (χ2v) is 10.7. The van der Waals surface area contributed by atoms with Crippen molar-refractivity contribution in [2.75, 3.05) is 34.8 Å². The van der Waals surface area contributed by atoms with E-state index in [-0.39, 0.29) is 17.1 Å². The fourth-order valence-corrected chi connectivity index (χ4v) is 5.46. The molecule has 3 aromatic rings. The van der Waals surface area contributed by atoms with Gasteiger partial charge in [-0.25, -0.2) is 8.42 Å². The quantitative estimate of drug-likeness (QED) is 0.587. The van der Waals surface area contributed by atoms with Crippen LogP contribution in [0.3, 0.4) is 0 Å². The van der Waals surface area contributed by atoms with E-state index < -0.39 is 27.6 Å². The summed E-state index contributed by atoms with van der Waals surface area (Å²) >= 11 is 0. The first-order valence-corrected chi connectivity index (χ1v) is 12.4. The van der Waals surface area contributed by atoms with Gasteiger partial charge in [-0.2, -0.15) is 18.3 Å². The Bertz CT molecular complexity index is 1300. The Morgan fingerprint density at radius 2 is 1.73 bits per heavy atom. The first-order valence-electron chi connectivity index (χ1n) is 10.6. The van der Waals surface area contributed by atoms with Crippen molar-refractivity contribution in [2.24, 2.45) is 0 Å². The fourth-order valence-electron chi connectivity index (χ4n) is 4.26. The topological polar surface area (TPSA) is 75.2 Å². The van der Waals surface area contributed by atoms with Crippen molar-refractivity contribution in [2.45, 2.75) is 33.0 Å². The number of rotatable bonds is 4. The Labute approximate surface area is 190 Å². The third-order valence-corrected chi connectivity index (χ3v) is 7.77. The van der Waals surface area contributed by atoms with Crippen molar-refractivity contribution >= 4 is 32.1 Å². The van der Waals surface area contributed by atoms with E-state index >= 15 is 0 Å². The molecule has 6 nitrogen and oxygen atoms in total. The number of alkyl halides is 3. The van der Waals surface area contributed by atoms with E-state index in [9.17, 15) is 21.6 Å². The Morgan fingerprint density at radius 1 is 1.03 bits per heavy atom. The molecule has 2 aromatic carbocycles. The summed E-state index contributed by atoms with van der Waals surface area (Å²) < 4.78 is 63.6. The van der Waals surface area contributed by atoms with Crippen LogP contribution in [0.4, 0.5) is 24.7 Å². The molecule has 2 heterocycles. The number of anilines is 2. The molecule has 1 atom stereocenters. The van der Waals surface area contributed by atoms with Gasteiger partial charge in [-0.3, -0.25) is 0 Å². The molecule has 0 saturated carbocycles. The summed E-state index contributed by atoms with van der Waals surface area (Å²) in [6, 6.07) is 9.50. The maximum atomic E-state index is 13.4. The van der Waals surface area contributed by atoms with E-state index in [4.69, 9.17) is 0 Å². The van der Waals surface area contributed by atoms with Gasteiger partial charge in [0.05, 0.1) is 28.8 Å². The molecule has 10 heteroatoms. The van der Waals surface area contributed by atoms with Crippen LogP contribution in [0.5, 0.6) is 0 Å². The molecular weight excluding hydrogens is 453 g/mol. The third kappa shape index (κ3) is 4.75. The van der Waals surface area contributed by atoms with Gasteiger partial charge >= 0.3 is 6.18 Å². The average molecular weight is 479 g/mol. The number of halogens is 3. The number of fused-ring (bicyclic) bond motifs is 1. The molecule has 1 aliphatic heterocycles. The standard InChI is InChI=1S/C23H25F3N4O2S/c1-14-18(5-4-6-21(14)23(24,25)26)15(2)27-22-20-13-17(7-8-19(20)16(3)28-29-22)30-9-11-33(31,32)12-10-30/h4-8,13,15H,9-12H2,1-3H3,(H,27,29). The highest BCUT2D eigenvalue weighted by Crippen LogP contribution is 2.36. The smallest absolute Gasteiger partial charge is 0.369 e. The fraction of sp³-hybridized carbons (Fsp3) is 0.391. The number of nitrogens with one attached hydrogen (secondary N) is 1. The van der Waals surface area contributed by atoms with Crippen molar-refractivity contribution in [1.82, 2.24) is 10.2 Å². The Hall–Kier alpha value is -2.88. The highest BCUT2D eigenvalue weighted by atomic mass is 32.2. The second kappa shape index (κ2) is 8.48. The van der Waals surface area contributed by atoms with E-state index in [1.165, 1.54) is 13.0 Å². The lowest BCUT2D eigenvalue weighted by atomic mass is 9.97. The molecule has 0 aliphatic carbocycles. The molecule has 0 radical (unpaired) electrons. The summed E-state index contributed by atoms with van der Waals surface area (Å²) in [7, 11) is -3.00. The zero-order valence-electron chi connectivity index (χ0n) is 18.6. The van der Waals surface area contributed by atoms with Crippen LogP contribution >= 0.6 is 0 Å². The molecule has 0 bridgehead atoms. The number of benzene rings is 2. The molecule has 0 spiro atoms. The summed E-state index contributed by atoms with van der Waals surface area (Å²) in [6.45, 7) is 5.92. The summed E-state index contributed by atoms with van der Waals surface area (Å²) in [5, 5.41) is 13.4. The first-order chi connectivity index (χ1) is 15.5. The van der Waals surface area contributed by atoms with Crippen molar-refractivity contribution in [3.63, 3.8) is 0 Å². The minimum absolute atomic E-state index is 0.107. The summed E-state index contributed by atoms with van der Waals surface area (Å²) in [5.74, 6) is 0.678. The number of hydrogen-bond donors (Lipinski definition) is 1. The first kappa shape index (κ1) is 23.3. The highest BCUT2D eigenvalue weighted by Gasteiger charge is 2.33. The Morgan fingerprint density at radius 3 is 2.39 bits per heavy atom. The van der Waals surface area contributed by atoms with Crippen LogP contribution in [-0.4, -0.2) is 43.2 Å². The Balaban J connectivity index is 1.69. The van der Waals surface area contributed by atoms with Gasteiger partial charge in [0.15, 0.2) is 15.7 Å². The number of aromatic nitrogens is 2. The van der Waals surface area contributed by atoms with Crippen molar-refractivity contribution in [1.29, 1.82) is 0 Å². The molecule has 1 aromatic heterocycles. The van der Waals surface area contributed by atoms with E-state index in [0.717, 1.165) is 28.2 Å². The largest absolute Gasteiger partial charge is 0.416 e. The molecule has 33 heavy (non-hydrogen) atoms. The molecule has 1 aliphatic rings. The van der Waals surface area contributed by atoms with Gasteiger partial charge in [0, 0.05) is 29.5 Å². The molecule has 4 rings (SSSR count). The van der Waals surface area contributed by atoms with Crippen molar-refractivity contribution in [3.8, 4) is 0 Å². The van der Waals surface area contributed by atoms with Gasteiger partial charge < -0.3 is 10.2 Å². The minimum atomic E-state index is -4.42. The molecular formula is C23H25F3N4O2S. The van der Waals surface area contributed by atoms with E-state index in [2.05, 4.69) is 15.5 Å². The predicted molar refractivity (Wildman–Crippen MR) is 123 cm³/mol. The van der Waals surface area contributed by atoms with Gasteiger partial charge in [0.25, 0.3) is 0 Å². The number of sulfone groups is 1. The van der Waals surface area contributed by atoms with Crippen molar-refractivity contribution in [3.05, 3.63) is 58.8 Å². The zero-order chi connectivity index (χ0) is 24.0. The highest BCUT2D eigenvalue weighted by molar-refractivity contribution is 7.91. The maximum absolute atomic E-state index is 13.4. The molecule has 1 fully saturated rings. The van der Waals surface area contributed by atoms with Crippen molar-refractivity contribution < 1.29 is 21.6 Å². The summed E-state index contributed by atoms with van der Waals surface area (Å²) in [6.07, 6.45) is -4.42. The zero-order valence-corrected chi connectivity index (χ0v) is 19.4. The van der Waals surface area contributed by atoms with Crippen LogP contribution in [0.15, 0.2) is 36.4 Å². The monoisotopic (exact) mass is 478 g/mol. The summed E-state index contributed by atoms with van der Waals surface area (Å²) in [5.41, 5.74) is 1.64. The van der Waals surface area contributed by atoms with E-state index in [1.807, 2.05) is 30.0 Å². The lowest BCUT2D eigenvalue weighted by Gasteiger charge is -2.29. The molecule has 1 unspecified atom stereocenters. The lowest BCUT2D eigenvalue weighted by molar-refractivity contribution is -0.138. The van der Waals surface area contributed by atoms with Gasteiger partial charge in [-0.15, -0.1) is 5.10 Å². The van der Waals surface area contributed by atoms with Crippen LogP contribution in [0.25, 0.3) is 10.8 Å². The molecule has 0 amide bonds. The number of aryl methyl sites for hydroxylation is 1. The molecule has 1 N–H and O–H groups in total. The average Bonchev–Trinajstić information content (AvgIpc) is 2.75. The summed E-state index contributed by atoms with van der Waals surface area (Å²) in [4.78, 5) is 2.01. The van der Waals surface area contributed by atoms with Gasteiger partial charge in [-0.05, 0) is 50.1 Å². The molecule has 176 valence electrons. The predicted octanol–water partition coefficient (Wildman–Crippen LogP) is 4.67. The maximum Gasteiger partial charge on any atom is 0.416 e. The number of hydrogen-bond acceptors (Lipinski definition) is 6. The van der Waals surface area contributed by atoms with E-state index in [0.29, 0.717) is 24.5 Å². The van der Waals surface area contributed by atoms with Crippen LogP contribution in [-0.2, 0) is 16.0 Å². The van der Waals surface area contributed by atoms with Crippen LogP contribution in [0.1, 0.15) is 35.3 Å². The van der Waals surface area contributed by atoms with Crippen LogP contribution < -0.4 is 10.2 Å². The van der Waals surface area contributed by atoms with E-state index in [1.54, 1.807) is 13.0 Å². The van der Waals surface area contributed by atoms with Crippen LogP contribution in [0.2, 0.25) is 0 Å². The van der Waals surface area contributed by atoms with Gasteiger partial charge in [-0.1, -0.05) is 18.2 Å².